The molecule has 21 heavy (non-hydrogen) atoms. The Morgan fingerprint density at radius 1 is 1.33 bits per heavy atom. The van der Waals surface area contributed by atoms with Crippen molar-refractivity contribution in [2.45, 2.75) is 31.7 Å². The first-order valence-corrected chi connectivity index (χ1v) is 7.39. The quantitative estimate of drug-likeness (QED) is 0.855. The second-order valence-corrected chi connectivity index (χ2v) is 5.59. The number of hydrogen-bond acceptors (Lipinski definition) is 3. The van der Waals surface area contributed by atoms with E-state index in [0.29, 0.717) is 19.4 Å². The number of amides is 1. The number of likely N-dealkylation sites (tertiary alicyclic amines) is 1. The fourth-order valence-electron chi connectivity index (χ4n) is 2.70. The van der Waals surface area contributed by atoms with Gasteiger partial charge in [-0.15, -0.1) is 0 Å². The lowest BCUT2D eigenvalue weighted by Gasteiger charge is -2.32. The van der Waals surface area contributed by atoms with Gasteiger partial charge >= 0.3 is 5.97 Å². The molecule has 1 aromatic rings. The molecule has 2 rings (SSSR count). The van der Waals surface area contributed by atoms with Gasteiger partial charge in [-0.2, -0.15) is 0 Å². The first-order chi connectivity index (χ1) is 10.1. The molecule has 0 aliphatic carbocycles. The van der Waals surface area contributed by atoms with Gasteiger partial charge in [-0.1, -0.05) is 30.3 Å². The minimum atomic E-state index is -0.828. The fraction of sp³-hybridized carbons (Fsp3) is 0.500. The molecule has 114 valence electrons. The molecule has 1 aromatic carbocycles. The van der Waals surface area contributed by atoms with E-state index in [9.17, 15) is 9.59 Å². The van der Waals surface area contributed by atoms with Crippen molar-refractivity contribution < 1.29 is 14.7 Å². The molecule has 2 atom stereocenters. The average molecular weight is 290 g/mol. The van der Waals surface area contributed by atoms with Gasteiger partial charge < -0.3 is 15.7 Å². The van der Waals surface area contributed by atoms with Gasteiger partial charge in [0.15, 0.2) is 0 Å². The van der Waals surface area contributed by atoms with Crippen molar-refractivity contribution in [2.75, 3.05) is 13.1 Å². The van der Waals surface area contributed by atoms with Crippen LogP contribution in [0.15, 0.2) is 30.3 Å². The zero-order valence-corrected chi connectivity index (χ0v) is 12.1. The van der Waals surface area contributed by atoms with E-state index in [1.807, 2.05) is 30.3 Å². The molecule has 1 saturated heterocycles. The van der Waals surface area contributed by atoms with E-state index in [1.54, 1.807) is 4.90 Å². The predicted molar refractivity (Wildman–Crippen MR) is 79.7 cm³/mol. The standard InChI is InChI=1S/C16H22N2O3/c17-14(9-8-12-5-2-1-3-6-12)15(19)18-10-4-7-13(11-18)16(20)21/h1-3,5-6,13-14H,4,7-11,17H2,(H,20,21)/t13-,14-/m0/s1. The van der Waals surface area contributed by atoms with Crippen LogP contribution in [-0.4, -0.2) is 41.0 Å². The second-order valence-electron chi connectivity index (χ2n) is 5.59. The first kappa shape index (κ1) is 15.5. The summed E-state index contributed by atoms with van der Waals surface area (Å²) in [5, 5.41) is 9.06. The first-order valence-electron chi connectivity index (χ1n) is 7.39. The number of aryl methyl sites for hydroxylation is 1. The van der Waals surface area contributed by atoms with Crippen molar-refractivity contribution in [1.82, 2.24) is 4.90 Å². The number of carboxylic acids is 1. The van der Waals surface area contributed by atoms with Gasteiger partial charge in [0.25, 0.3) is 0 Å². The highest BCUT2D eigenvalue weighted by molar-refractivity contribution is 5.82. The van der Waals surface area contributed by atoms with Crippen molar-refractivity contribution in [3.05, 3.63) is 35.9 Å². The number of nitrogens with zero attached hydrogens (tertiary/aromatic N) is 1. The lowest BCUT2D eigenvalue weighted by Crippen LogP contribution is -2.49. The Bertz CT molecular complexity index is 490. The molecule has 0 spiro atoms. The third kappa shape index (κ3) is 4.29. The van der Waals surface area contributed by atoms with E-state index in [4.69, 9.17) is 10.8 Å². The summed E-state index contributed by atoms with van der Waals surface area (Å²) in [4.78, 5) is 24.9. The maximum Gasteiger partial charge on any atom is 0.308 e. The minimum Gasteiger partial charge on any atom is -0.481 e. The van der Waals surface area contributed by atoms with Crippen LogP contribution in [0.1, 0.15) is 24.8 Å². The molecule has 1 amide bonds. The largest absolute Gasteiger partial charge is 0.481 e. The van der Waals surface area contributed by atoms with E-state index < -0.39 is 17.9 Å². The van der Waals surface area contributed by atoms with Crippen LogP contribution in [-0.2, 0) is 16.0 Å². The van der Waals surface area contributed by atoms with E-state index >= 15 is 0 Å². The lowest BCUT2D eigenvalue weighted by molar-refractivity contribution is -0.146. The highest BCUT2D eigenvalue weighted by Gasteiger charge is 2.30. The van der Waals surface area contributed by atoms with E-state index in [2.05, 4.69) is 0 Å². The Kier molecular flexibility index (Phi) is 5.33. The van der Waals surface area contributed by atoms with Crippen LogP contribution in [0.5, 0.6) is 0 Å². The summed E-state index contributed by atoms with van der Waals surface area (Å²) in [6.45, 7) is 0.898. The lowest BCUT2D eigenvalue weighted by atomic mass is 9.97. The zero-order valence-electron chi connectivity index (χ0n) is 12.1. The molecular formula is C16H22N2O3. The molecule has 0 saturated carbocycles. The van der Waals surface area contributed by atoms with E-state index in [0.717, 1.165) is 18.4 Å². The van der Waals surface area contributed by atoms with Gasteiger partial charge in [-0.3, -0.25) is 9.59 Å². The third-order valence-corrected chi connectivity index (χ3v) is 3.99. The number of benzene rings is 1. The molecule has 1 fully saturated rings. The Hall–Kier alpha value is -1.88. The number of aliphatic carboxylic acids is 1. The van der Waals surface area contributed by atoms with Crippen LogP contribution in [0, 0.1) is 5.92 Å². The van der Waals surface area contributed by atoms with Gasteiger partial charge in [0, 0.05) is 13.1 Å². The fourth-order valence-corrected chi connectivity index (χ4v) is 2.70. The molecular weight excluding hydrogens is 268 g/mol. The van der Waals surface area contributed by atoms with E-state index in [1.165, 1.54) is 0 Å². The molecule has 3 N–H and O–H groups in total. The highest BCUT2D eigenvalue weighted by atomic mass is 16.4. The number of carbonyl (C=O) groups is 2. The van der Waals surface area contributed by atoms with Gasteiger partial charge in [0.05, 0.1) is 12.0 Å². The minimum absolute atomic E-state index is 0.128. The molecule has 0 bridgehead atoms. The molecule has 5 nitrogen and oxygen atoms in total. The topological polar surface area (TPSA) is 83.6 Å². The van der Waals surface area contributed by atoms with Gasteiger partial charge in [0.2, 0.25) is 5.91 Å². The Labute approximate surface area is 124 Å². The maximum absolute atomic E-state index is 12.3. The third-order valence-electron chi connectivity index (χ3n) is 3.99. The van der Waals surface area contributed by atoms with Gasteiger partial charge in [-0.25, -0.2) is 0 Å². The SMILES string of the molecule is N[C@@H](CCc1ccccc1)C(=O)N1CCC[C@H](C(=O)O)C1. The molecule has 1 heterocycles. The monoisotopic (exact) mass is 290 g/mol. The predicted octanol–water partition coefficient (Wildman–Crippen LogP) is 1.27. The number of nitrogens with two attached hydrogens (primary N) is 1. The number of carboxylic acid groups (broad SMARTS) is 1. The Morgan fingerprint density at radius 3 is 2.71 bits per heavy atom. The molecule has 0 radical (unpaired) electrons. The number of rotatable bonds is 5. The smallest absolute Gasteiger partial charge is 0.308 e. The summed E-state index contributed by atoms with van der Waals surface area (Å²) in [5.41, 5.74) is 7.13. The molecule has 1 aliphatic rings. The summed E-state index contributed by atoms with van der Waals surface area (Å²) in [5.74, 6) is -1.41. The van der Waals surface area contributed by atoms with Gasteiger partial charge in [-0.05, 0) is 31.2 Å². The van der Waals surface area contributed by atoms with Crippen molar-refractivity contribution >= 4 is 11.9 Å². The Balaban J connectivity index is 1.85. The zero-order chi connectivity index (χ0) is 15.2. The Morgan fingerprint density at radius 2 is 2.05 bits per heavy atom. The van der Waals surface area contributed by atoms with Crippen LogP contribution >= 0.6 is 0 Å². The van der Waals surface area contributed by atoms with Crippen LogP contribution < -0.4 is 5.73 Å². The van der Waals surface area contributed by atoms with Crippen LogP contribution in [0.3, 0.4) is 0 Å². The maximum atomic E-state index is 12.3. The van der Waals surface area contributed by atoms with E-state index in [-0.39, 0.29) is 12.5 Å². The van der Waals surface area contributed by atoms with Crippen molar-refractivity contribution in [3.8, 4) is 0 Å². The second kappa shape index (κ2) is 7.22. The summed E-state index contributed by atoms with van der Waals surface area (Å²) in [7, 11) is 0. The van der Waals surface area contributed by atoms with Crippen LogP contribution in [0.4, 0.5) is 0 Å². The summed E-state index contributed by atoms with van der Waals surface area (Å²) >= 11 is 0. The number of piperidine rings is 1. The molecule has 0 unspecified atom stereocenters. The van der Waals surface area contributed by atoms with Crippen molar-refractivity contribution in [1.29, 1.82) is 0 Å². The van der Waals surface area contributed by atoms with Crippen LogP contribution in [0.25, 0.3) is 0 Å². The molecule has 1 aliphatic heterocycles. The summed E-state index contributed by atoms with van der Waals surface area (Å²) < 4.78 is 0. The van der Waals surface area contributed by atoms with Crippen molar-refractivity contribution in [3.63, 3.8) is 0 Å². The summed E-state index contributed by atoms with van der Waals surface area (Å²) in [6, 6.07) is 9.35. The average Bonchev–Trinajstić information content (AvgIpc) is 2.53. The number of carbonyl (C=O) groups excluding carboxylic acids is 1. The van der Waals surface area contributed by atoms with Crippen molar-refractivity contribution in [2.24, 2.45) is 11.7 Å². The van der Waals surface area contributed by atoms with Crippen LogP contribution in [0.2, 0.25) is 0 Å². The van der Waals surface area contributed by atoms with Gasteiger partial charge in [0.1, 0.15) is 0 Å². The molecule has 5 heteroatoms. The number of hydrogen-bond donors (Lipinski definition) is 2. The summed E-state index contributed by atoms with van der Waals surface area (Å²) in [6.07, 6.45) is 2.70. The normalized spacial score (nSPS) is 20.0. The highest BCUT2D eigenvalue weighted by Crippen LogP contribution is 2.18. The molecule has 0 aromatic heterocycles.